The highest BCUT2D eigenvalue weighted by Crippen LogP contribution is 2.24. The van der Waals surface area contributed by atoms with Crippen LogP contribution in [0.25, 0.3) is 5.52 Å². The van der Waals surface area contributed by atoms with E-state index in [1.54, 1.807) is 0 Å². The van der Waals surface area contributed by atoms with Crippen LogP contribution in [-0.2, 0) is 0 Å². The summed E-state index contributed by atoms with van der Waals surface area (Å²) in [5.74, 6) is 0.418. The van der Waals surface area contributed by atoms with Gasteiger partial charge in [-0.2, -0.15) is 0 Å². The molecule has 1 saturated carbocycles. The fourth-order valence-electron chi connectivity index (χ4n) is 2.94. The first kappa shape index (κ1) is 13.2. The first-order valence-electron chi connectivity index (χ1n) is 7.24. The molecule has 0 radical (unpaired) electrons. The number of amides is 1. The third kappa shape index (κ3) is 2.70. The zero-order chi connectivity index (χ0) is 13.9. The lowest BCUT2D eigenvalue weighted by Crippen LogP contribution is -2.37. The van der Waals surface area contributed by atoms with E-state index in [2.05, 4.69) is 5.32 Å². The summed E-state index contributed by atoms with van der Waals surface area (Å²) in [6.45, 7) is 0.269. The van der Waals surface area contributed by atoms with E-state index in [1.807, 2.05) is 41.1 Å². The van der Waals surface area contributed by atoms with Crippen LogP contribution in [-0.4, -0.2) is 28.1 Å². The van der Waals surface area contributed by atoms with Gasteiger partial charge in [0.05, 0.1) is 5.56 Å². The van der Waals surface area contributed by atoms with Crippen LogP contribution in [0, 0.1) is 5.92 Å². The van der Waals surface area contributed by atoms with E-state index in [9.17, 15) is 4.79 Å². The molecule has 106 valence electrons. The van der Waals surface area contributed by atoms with Crippen molar-refractivity contribution in [1.29, 1.82) is 0 Å². The van der Waals surface area contributed by atoms with Crippen LogP contribution in [0.1, 0.15) is 36.0 Å². The summed E-state index contributed by atoms with van der Waals surface area (Å²) in [6, 6.07) is 8.06. The van der Waals surface area contributed by atoms with Gasteiger partial charge in [0.25, 0.3) is 5.91 Å². The Morgan fingerprint density at radius 2 is 2.10 bits per heavy atom. The quantitative estimate of drug-likeness (QED) is 0.900. The second-order valence-electron chi connectivity index (χ2n) is 5.64. The van der Waals surface area contributed by atoms with Crippen LogP contribution in [0.15, 0.2) is 36.7 Å². The van der Waals surface area contributed by atoms with Gasteiger partial charge in [-0.1, -0.05) is 6.07 Å². The Hall–Kier alpha value is -1.81. The van der Waals surface area contributed by atoms with Gasteiger partial charge < -0.3 is 14.8 Å². The molecular weight excluding hydrogens is 252 g/mol. The molecule has 2 aromatic rings. The molecule has 0 spiro atoms. The molecule has 1 aliphatic carbocycles. The van der Waals surface area contributed by atoms with E-state index >= 15 is 0 Å². The highest BCUT2D eigenvalue weighted by atomic mass is 16.3. The minimum Gasteiger partial charge on any atom is -0.396 e. The Kier molecular flexibility index (Phi) is 3.74. The van der Waals surface area contributed by atoms with Gasteiger partial charge in [-0.25, -0.2) is 0 Å². The first-order chi connectivity index (χ1) is 9.76. The molecule has 4 nitrogen and oxygen atoms in total. The van der Waals surface area contributed by atoms with Crippen LogP contribution < -0.4 is 5.32 Å². The van der Waals surface area contributed by atoms with E-state index in [-0.39, 0.29) is 18.6 Å². The van der Waals surface area contributed by atoms with Gasteiger partial charge in [-0.15, -0.1) is 0 Å². The number of aliphatic hydroxyl groups excluding tert-OH is 1. The number of nitrogens with one attached hydrogen (secondary N) is 1. The lowest BCUT2D eigenvalue weighted by Gasteiger charge is -2.27. The molecule has 3 rings (SSSR count). The molecule has 2 N–H and O–H groups in total. The summed E-state index contributed by atoms with van der Waals surface area (Å²) in [5, 5.41) is 12.2. The number of aliphatic hydroxyl groups is 1. The molecule has 0 saturated heterocycles. The smallest absolute Gasteiger partial charge is 0.253 e. The second kappa shape index (κ2) is 5.67. The van der Waals surface area contributed by atoms with E-state index in [4.69, 9.17) is 5.11 Å². The predicted molar refractivity (Wildman–Crippen MR) is 77.7 cm³/mol. The maximum absolute atomic E-state index is 12.3. The van der Waals surface area contributed by atoms with Gasteiger partial charge in [-0.05, 0) is 49.8 Å². The highest BCUT2D eigenvalue weighted by Gasteiger charge is 2.22. The summed E-state index contributed by atoms with van der Waals surface area (Å²) in [7, 11) is 0. The zero-order valence-corrected chi connectivity index (χ0v) is 11.5. The fourth-order valence-corrected chi connectivity index (χ4v) is 2.94. The number of carbonyl (C=O) groups excluding carboxylic acids is 1. The van der Waals surface area contributed by atoms with Crippen molar-refractivity contribution in [2.45, 2.75) is 31.7 Å². The van der Waals surface area contributed by atoms with Gasteiger partial charge in [0.2, 0.25) is 0 Å². The predicted octanol–water partition coefficient (Wildman–Crippen LogP) is 2.22. The number of aromatic nitrogens is 1. The van der Waals surface area contributed by atoms with E-state index in [0.29, 0.717) is 11.5 Å². The van der Waals surface area contributed by atoms with Crippen LogP contribution in [0.4, 0.5) is 0 Å². The number of hydrogen-bond donors (Lipinski definition) is 2. The Balaban J connectivity index is 1.64. The molecule has 4 heteroatoms. The Morgan fingerprint density at radius 3 is 2.80 bits per heavy atom. The van der Waals surface area contributed by atoms with Crippen LogP contribution in [0.3, 0.4) is 0 Å². The SMILES string of the molecule is O=C(NC1CCC(CO)CC1)c1cc2ccccn2c1. The van der Waals surface area contributed by atoms with Gasteiger partial charge >= 0.3 is 0 Å². The summed E-state index contributed by atoms with van der Waals surface area (Å²) >= 11 is 0. The van der Waals surface area contributed by atoms with Crippen molar-refractivity contribution in [1.82, 2.24) is 9.72 Å². The number of rotatable bonds is 3. The van der Waals surface area contributed by atoms with Crippen LogP contribution >= 0.6 is 0 Å². The zero-order valence-electron chi connectivity index (χ0n) is 11.5. The van der Waals surface area contributed by atoms with Gasteiger partial charge in [0, 0.05) is 30.6 Å². The minimum atomic E-state index is 0.00106. The molecular formula is C16H20N2O2. The van der Waals surface area contributed by atoms with Crippen molar-refractivity contribution >= 4 is 11.4 Å². The summed E-state index contributed by atoms with van der Waals surface area (Å²) < 4.78 is 1.96. The van der Waals surface area contributed by atoms with Gasteiger partial charge in [0.1, 0.15) is 0 Å². The van der Waals surface area contributed by atoms with Gasteiger partial charge in [-0.3, -0.25) is 4.79 Å². The molecule has 0 bridgehead atoms. The number of carbonyl (C=O) groups is 1. The third-order valence-corrected chi connectivity index (χ3v) is 4.21. The fraction of sp³-hybridized carbons (Fsp3) is 0.438. The Bertz CT molecular complexity index is 564. The average Bonchev–Trinajstić information content (AvgIpc) is 2.92. The lowest BCUT2D eigenvalue weighted by atomic mass is 9.86. The molecule has 0 aliphatic heterocycles. The van der Waals surface area contributed by atoms with E-state index < -0.39 is 0 Å². The molecule has 0 unspecified atom stereocenters. The summed E-state index contributed by atoms with van der Waals surface area (Å²) in [5.41, 5.74) is 1.74. The average molecular weight is 272 g/mol. The maximum Gasteiger partial charge on any atom is 0.253 e. The third-order valence-electron chi connectivity index (χ3n) is 4.21. The monoisotopic (exact) mass is 272 g/mol. The number of fused-ring (bicyclic) bond motifs is 1. The normalized spacial score (nSPS) is 22.9. The standard InChI is InChI=1S/C16H20N2O2/c19-11-12-4-6-14(7-5-12)17-16(20)13-9-15-3-1-2-8-18(15)10-13/h1-3,8-10,12,14,19H,4-7,11H2,(H,17,20). The molecule has 2 aromatic heterocycles. The molecule has 1 aliphatic rings. The van der Waals surface area contributed by atoms with Crippen LogP contribution in [0.2, 0.25) is 0 Å². The number of hydrogen-bond acceptors (Lipinski definition) is 2. The lowest BCUT2D eigenvalue weighted by molar-refractivity contribution is 0.0914. The second-order valence-corrected chi connectivity index (χ2v) is 5.64. The van der Waals surface area contributed by atoms with Gasteiger partial charge in [0.15, 0.2) is 0 Å². The van der Waals surface area contributed by atoms with E-state index in [0.717, 1.165) is 31.2 Å². The van der Waals surface area contributed by atoms with Crippen molar-refractivity contribution in [2.24, 2.45) is 5.92 Å². The summed E-state index contributed by atoms with van der Waals surface area (Å²) in [4.78, 5) is 12.3. The Morgan fingerprint density at radius 1 is 1.30 bits per heavy atom. The van der Waals surface area contributed by atoms with Crippen molar-refractivity contribution < 1.29 is 9.90 Å². The molecule has 0 aromatic carbocycles. The van der Waals surface area contributed by atoms with Crippen LogP contribution in [0.5, 0.6) is 0 Å². The minimum absolute atomic E-state index is 0.00106. The highest BCUT2D eigenvalue weighted by molar-refractivity contribution is 5.95. The molecule has 20 heavy (non-hydrogen) atoms. The maximum atomic E-state index is 12.3. The van der Waals surface area contributed by atoms with Crippen molar-refractivity contribution in [3.05, 3.63) is 42.2 Å². The molecule has 1 fully saturated rings. The number of nitrogens with zero attached hydrogens (tertiary/aromatic N) is 1. The topological polar surface area (TPSA) is 53.7 Å². The first-order valence-corrected chi connectivity index (χ1v) is 7.24. The van der Waals surface area contributed by atoms with Crippen molar-refractivity contribution in [2.75, 3.05) is 6.61 Å². The molecule has 2 heterocycles. The summed E-state index contributed by atoms with van der Waals surface area (Å²) in [6.07, 6.45) is 7.73. The Labute approximate surface area is 118 Å². The van der Waals surface area contributed by atoms with Crippen molar-refractivity contribution in [3.63, 3.8) is 0 Å². The van der Waals surface area contributed by atoms with E-state index in [1.165, 1.54) is 0 Å². The van der Waals surface area contributed by atoms with Crippen molar-refractivity contribution in [3.8, 4) is 0 Å². The molecule has 1 amide bonds. The largest absolute Gasteiger partial charge is 0.396 e. The number of pyridine rings is 1. The molecule has 0 atom stereocenters.